The standard InChI is InChI=1S/C22H26N4O2/c1-15-11-18(14-19(12-15)26-9-7-25(2)8-10-26)23-22(28)17-3-5-20-16(13-17)4-6-21(27)24-20/h3,5,11-14H,4,6-10H2,1-2H3,(H,23,28)(H,24,27). The summed E-state index contributed by atoms with van der Waals surface area (Å²) in [5.74, 6) is -0.101. The molecule has 0 aromatic heterocycles. The Kier molecular flexibility index (Phi) is 5.05. The van der Waals surface area contributed by atoms with Crippen molar-refractivity contribution in [3.8, 4) is 0 Å². The first-order valence-electron chi connectivity index (χ1n) is 9.77. The van der Waals surface area contributed by atoms with Crippen molar-refractivity contribution in [2.24, 2.45) is 0 Å². The summed E-state index contributed by atoms with van der Waals surface area (Å²) < 4.78 is 0. The van der Waals surface area contributed by atoms with Gasteiger partial charge in [0.25, 0.3) is 5.91 Å². The molecule has 6 heteroatoms. The molecule has 0 saturated carbocycles. The van der Waals surface area contributed by atoms with E-state index >= 15 is 0 Å². The lowest BCUT2D eigenvalue weighted by molar-refractivity contribution is -0.116. The van der Waals surface area contributed by atoms with E-state index in [0.29, 0.717) is 18.4 Å². The Hall–Kier alpha value is -2.86. The van der Waals surface area contributed by atoms with E-state index in [1.165, 1.54) is 0 Å². The van der Waals surface area contributed by atoms with Gasteiger partial charge in [0, 0.05) is 55.2 Å². The Balaban J connectivity index is 1.51. The maximum atomic E-state index is 12.8. The summed E-state index contributed by atoms with van der Waals surface area (Å²) >= 11 is 0. The van der Waals surface area contributed by atoms with Crippen molar-refractivity contribution in [2.45, 2.75) is 19.8 Å². The van der Waals surface area contributed by atoms with Gasteiger partial charge in [-0.3, -0.25) is 9.59 Å². The number of amides is 2. The van der Waals surface area contributed by atoms with E-state index in [1.807, 2.05) is 18.2 Å². The Morgan fingerprint density at radius 2 is 1.82 bits per heavy atom. The van der Waals surface area contributed by atoms with Crippen LogP contribution in [0.2, 0.25) is 0 Å². The summed E-state index contributed by atoms with van der Waals surface area (Å²) in [5, 5.41) is 5.89. The number of anilines is 3. The first kappa shape index (κ1) is 18.5. The zero-order valence-corrected chi connectivity index (χ0v) is 16.4. The van der Waals surface area contributed by atoms with Gasteiger partial charge in [-0.2, -0.15) is 0 Å². The van der Waals surface area contributed by atoms with E-state index in [1.54, 1.807) is 6.07 Å². The number of carbonyl (C=O) groups excluding carboxylic acids is 2. The molecule has 1 saturated heterocycles. The van der Waals surface area contributed by atoms with E-state index in [2.05, 4.69) is 46.5 Å². The number of piperazine rings is 1. The molecular weight excluding hydrogens is 352 g/mol. The fraction of sp³-hybridized carbons (Fsp3) is 0.364. The maximum Gasteiger partial charge on any atom is 0.255 e. The third-order valence-electron chi connectivity index (χ3n) is 5.45. The fourth-order valence-corrected chi connectivity index (χ4v) is 3.81. The number of aryl methyl sites for hydroxylation is 2. The largest absolute Gasteiger partial charge is 0.369 e. The number of nitrogens with one attached hydrogen (secondary N) is 2. The minimum atomic E-state index is -0.130. The molecule has 0 atom stereocenters. The molecule has 6 nitrogen and oxygen atoms in total. The third-order valence-corrected chi connectivity index (χ3v) is 5.45. The van der Waals surface area contributed by atoms with Crippen LogP contribution in [0.1, 0.15) is 27.9 Å². The van der Waals surface area contributed by atoms with Gasteiger partial charge in [0.05, 0.1) is 0 Å². The summed E-state index contributed by atoms with van der Waals surface area (Å²) in [7, 11) is 2.14. The first-order valence-corrected chi connectivity index (χ1v) is 9.77. The molecule has 28 heavy (non-hydrogen) atoms. The van der Waals surface area contributed by atoms with Crippen molar-refractivity contribution in [1.82, 2.24) is 4.90 Å². The molecular formula is C22H26N4O2. The van der Waals surface area contributed by atoms with Crippen molar-refractivity contribution < 1.29 is 9.59 Å². The quantitative estimate of drug-likeness (QED) is 0.862. The number of hydrogen-bond donors (Lipinski definition) is 2. The normalized spacial score (nSPS) is 17.1. The minimum absolute atomic E-state index is 0.0286. The van der Waals surface area contributed by atoms with Crippen LogP contribution in [0, 0.1) is 6.92 Å². The van der Waals surface area contributed by atoms with Gasteiger partial charge < -0.3 is 20.4 Å². The lowest BCUT2D eigenvalue weighted by atomic mass is 10.00. The van der Waals surface area contributed by atoms with Gasteiger partial charge >= 0.3 is 0 Å². The Bertz CT molecular complexity index is 917. The lowest BCUT2D eigenvalue weighted by Crippen LogP contribution is -2.44. The number of likely N-dealkylation sites (N-methyl/N-ethyl adjacent to an activating group) is 1. The minimum Gasteiger partial charge on any atom is -0.369 e. The average molecular weight is 378 g/mol. The number of rotatable bonds is 3. The van der Waals surface area contributed by atoms with Crippen LogP contribution in [-0.4, -0.2) is 49.9 Å². The molecule has 146 valence electrons. The molecule has 2 N–H and O–H groups in total. The summed E-state index contributed by atoms with van der Waals surface area (Å²) in [4.78, 5) is 29.0. The molecule has 0 spiro atoms. The zero-order chi connectivity index (χ0) is 19.7. The molecule has 0 aliphatic carbocycles. The zero-order valence-electron chi connectivity index (χ0n) is 16.4. The molecule has 2 aliphatic heterocycles. The molecule has 4 rings (SSSR count). The maximum absolute atomic E-state index is 12.8. The fourth-order valence-electron chi connectivity index (χ4n) is 3.81. The highest BCUT2D eigenvalue weighted by Crippen LogP contribution is 2.26. The van der Waals surface area contributed by atoms with Crippen LogP contribution in [0.3, 0.4) is 0 Å². The molecule has 2 heterocycles. The number of fused-ring (bicyclic) bond motifs is 1. The van der Waals surface area contributed by atoms with Gasteiger partial charge in [0.2, 0.25) is 5.91 Å². The van der Waals surface area contributed by atoms with Crippen LogP contribution in [0.4, 0.5) is 17.1 Å². The van der Waals surface area contributed by atoms with Gasteiger partial charge in [-0.25, -0.2) is 0 Å². The van der Waals surface area contributed by atoms with Crippen LogP contribution in [-0.2, 0) is 11.2 Å². The summed E-state index contributed by atoms with van der Waals surface area (Å²) in [5.41, 5.74) is 5.51. The lowest BCUT2D eigenvalue weighted by Gasteiger charge is -2.34. The van der Waals surface area contributed by atoms with Crippen molar-refractivity contribution in [2.75, 3.05) is 48.8 Å². The predicted octanol–water partition coefficient (Wildman–Crippen LogP) is 2.88. The van der Waals surface area contributed by atoms with E-state index in [9.17, 15) is 9.59 Å². The second-order valence-corrected chi connectivity index (χ2v) is 7.72. The molecule has 2 aliphatic rings. The Morgan fingerprint density at radius 3 is 2.61 bits per heavy atom. The van der Waals surface area contributed by atoms with Gasteiger partial charge in [-0.15, -0.1) is 0 Å². The van der Waals surface area contributed by atoms with Crippen LogP contribution in [0.5, 0.6) is 0 Å². The van der Waals surface area contributed by atoms with Gasteiger partial charge in [-0.1, -0.05) is 0 Å². The number of carbonyl (C=O) groups is 2. The smallest absolute Gasteiger partial charge is 0.255 e. The molecule has 0 unspecified atom stereocenters. The van der Waals surface area contributed by atoms with Crippen LogP contribution in [0.15, 0.2) is 36.4 Å². The second kappa shape index (κ2) is 7.64. The van der Waals surface area contributed by atoms with Gasteiger partial charge in [0.15, 0.2) is 0 Å². The summed E-state index contributed by atoms with van der Waals surface area (Å²) in [6, 6.07) is 11.7. The van der Waals surface area contributed by atoms with Gasteiger partial charge in [-0.05, 0) is 67.9 Å². The molecule has 1 fully saturated rings. The average Bonchev–Trinajstić information content (AvgIpc) is 2.67. The van der Waals surface area contributed by atoms with Crippen LogP contribution in [0.25, 0.3) is 0 Å². The Morgan fingerprint density at radius 1 is 1.04 bits per heavy atom. The van der Waals surface area contributed by atoms with E-state index in [4.69, 9.17) is 0 Å². The van der Waals surface area contributed by atoms with Crippen molar-refractivity contribution in [3.63, 3.8) is 0 Å². The summed E-state index contributed by atoms with van der Waals surface area (Å²) in [6.07, 6.45) is 1.13. The van der Waals surface area contributed by atoms with Crippen molar-refractivity contribution >= 4 is 28.9 Å². The van der Waals surface area contributed by atoms with E-state index in [-0.39, 0.29) is 11.8 Å². The SMILES string of the molecule is Cc1cc(NC(=O)c2ccc3c(c2)CCC(=O)N3)cc(N2CCN(C)CC2)c1. The summed E-state index contributed by atoms with van der Waals surface area (Å²) in [6.45, 7) is 6.12. The van der Waals surface area contributed by atoms with Crippen LogP contribution < -0.4 is 15.5 Å². The highest BCUT2D eigenvalue weighted by atomic mass is 16.2. The second-order valence-electron chi connectivity index (χ2n) is 7.72. The van der Waals surface area contributed by atoms with Gasteiger partial charge in [0.1, 0.15) is 0 Å². The molecule has 2 aromatic rings. The van der Waals surface area contributed by atoms with E-state index in [0.717, 1.165) is 54.4 Å². The number of nitrogens with zero attached hydrogens (tertiary/aromatic N) is 2. The van der Waals surface area contributed by atoms with Crippen molar-refractivity contribution in [1.29, 1.82) is 0 Å². The van der Waals surface area contributed by atoms with Crippen molar-refractivity contribution in [3.05, 3.63) is 53.1 Å². The first-order chi connectivity index (χ1) is 13.5. The highest BCUT2D eigenvalue weighted by Gasteiger charge is 2.18. The molecule has 2 aromatic carbocycles. The molecule has 0 bridgehead atoms. The van der Waals surface area contributed by atoms with E-state index < -0.39 is 0 Å². The topological polar surface area (TPSA) is 64.7 Å². The van der Waals surface area contributed by atoms with Crippen LogP contribution >= 0.6 is 0 Å². The predicted molar refractivity (Wildman–Crippen MR) is 112 cm³/mol. The molecule has 2 amide bonds. The Labute approximate surface area is 165 Å². The monoisotopic (exact) mass is 378 g/mol. The highest BCUT2D eigenvalue weighted by molar-refractivity contribution is 6.05. The third kappa shape index (κ3) is 4.02. The number of hydrogen-bond acceptors (Lipinski definition) is 4. The molecule has 0 radical (unpaired) electrons. The number of benzene rings is 2.